The van der Waals surface area contributed by atoms with Gasteiger partial charge in [0, 0.05) is 6.54 Å². The number of hydrogen-bond donors (Lipinski definition) is 4. The van der Waals surface area contributed by atoms with E-state index in [0.29, 0.717) is 17.2 Å². The molecule has 0 fully saturated rings. The number of hydrogen-bond acceptors (Lipinski definition) is 6. The SMILES string of the molecule is CCCCNc1nc(N)c2[nH]c(=O)n(O)c2n1. The molecule has 0 saturated heterocycles. The highest BCUT2D eigenvalue weighted by molar-refractivity contribution is 5.82. The highest BCUT2D eigenvalue weighted by Gasteiger charge is 2.12. The summed E-state index contributed by atoms with van der Waals surface area (Å²) in [7, 11) is 0. The Balaban J connectivity index is 2.40. The van der Waals surface area contributed by atoms with Crippen molar-refractivity contribution >= 4 is 22.9 Å². The molecule has 0 atom stereocenters. The molecule has 5 N–H and O–H groups in total. The van der Waals surface area contributed by atoms with E-state index in [0.717, 1.165) is 12.8 Å². The Hall–Kier alpha value is -2.25. The predicted molar refractivity (Wildman–Crippen MR) is 63.1 cm³/mol. The molecule has 2 aromatic heterocycles. The van der Waals surface area contributed by atoms with Gasteiger partial charge in [-0.15, -0.1) is 4.73 Å². The quantitative estimate of drug-likeness (QED) is 0.444. The van der Waals surface area contributed by atoms with Gasteiger partial charge in [0.05, 0.1) is 0 Å². The standard InChI is InChI=1S/C9H14N6O2/c1-2-3-4-11-8-13-6(10)5-7(14-8)15(17)9(16)12-5/h17H,2-4H2,1H3,(H,12,16)(H3,10,11,13,14). The number of imidazole rings is 1. The number of nitrogens with one attached hydrogen (secondary N) is 2. The van der Waals surface area contributed by atoms with Crippen LogP contribution >= 0.6 is 0 Å². The van der Waals surface area contributed by atoms with Crippen LogP contribution in [0.1, 0.15) is 19.8 Å². The zero-order valence-corrected chi connectivity index (χ0v) is 9.40. The van der Waals surface area contributed by atoms with E-state index in [9.17, 15) is 10.0 Å². The number of anilines is 2. The van der Waals surface area contributed by atoms with Crippen LogP contribution in [0.25, 0.3) is 11.2 Å². The van der Waals surface area contributed by atoms with Gasteiger partial charge < -0.3 is 16.3 Å². The zero-order chi connectivity index (χ0) is 12.4. The summed E-state index contributed by atoms with van der Waals surface area (Å²) in [6.45, 7) is 2.78. The maximum absolute atomic E-state index is 11.2. The fourth-order valence-electron chi connectivity index (χ4n) is 1.45. The van der Waals surface area contributed by atoms with Gasteiger partial charge >= 0.3 is 5.69 Å². The molecule has 8 heteroatoms. The van der Waals surface area contributed by atoms with E-state index >= 15 is 0 Å². The van der Waals surface area contributed by atoms with Crippen molar-refractivity contribution in [2.24, 2.45) is 0 Å². The summed E-state index contributed by atoms with van der Waals surface area (Å²) in [5.41, 5.74) is 5.28. The minimum Gasteiger partial charge on any atom is -0.422 e. The lowest BCUT2D eigenvalue weighted by molar-refractivity contribution is 0.186. The first kappa shape index (κ1) is 11.2. The number of unbranched alkanes of at least 4 members (excludes halogenated alkanes) is 1. The highest BCUT2D eigenvalue weighted by Crippen LogP contribution is 2.15. The maximum atomic E-state index is 11.2. The van der Waals surface area contributed by atoms with E-state index in [-0.39, 0.29) is 17.0 Å². The van der Waals surface area contributed by atoms with Crippen LogP contribution in [0.3, 0.4) is 0 Å². The first-order valence-electron chi connectivity index (χ1n) is 5.35. The Bertz CT molecular complexity index is 587. The summed E-state index contributed by atoms with van der Waals surface area (Å²) >= 11 is 0. The van der Waals surface area contributed by atoms with Crippen LogP contribution in [-0.2, 0) is 0 Å². The topological polar surface area (TPSA) is 122 Å². The van der Waals surface area contributed by atoms with Gasteiger partial charge in [0.2, 0.25) is 11.6 Å². The number of H-pyrrole nitrogens is 1. The van der Waals surface area contributed by atoms with E-state index in [1.54, 1.807) is 0 Å². The summed E-state index contributed by atoms with van der Waals surface area (Å²) in [6, 6.07) is 0. The number of aromatic amines is 1. The molecule has 0 aliphatic carbocycles. The molecule has 0 amide bonds. The van der Waals surface area contributed by atoms with Crippen molar-refractivity contribution in [2.75, 3.05) is 17.6 Å². The molecule has 92 valence electrons. The Labute approximate surface area is 96.5 Å². The van der Waals surface area contributed by atoms with Gasteiger partial charge in [-0.25, -0.2) is 4.79 Å². The molecule has 0 aromatic carbocycles. The van der Waals surface area contributed by atoms with E-state index in [1.165, 1.54) is 0 Å². The van der Waals surface area contributed by atoms with Crippen molar-refractivity contribution in [1.82, 2.24) is 19.7 Å². The summed E-state index contributed by atoms with van der Waals surface area (Å²) in [5, 5.41) is 12.4. The summed E-state index contributed by atoms with van der Waals surface area (Å²) in [6.07, 6.45) is 2.01. The molecule has 0 spiro atoms. The molecular formula is C9H14N6O2. The molecule has 8 nitrogen and oxygen atoms in total. The Morgan fingerprint density at radius 3 is 3.00 bits per heavy atom. The number of aromatic nitrogens is 4. The Kier molecular flexibility index (Phi) is 2.86. The summed E-state index contributed by atoms with van der Waals surface area (Å²) in [5.74, 6) is 0.421. The molecule has 0 unspecified atom stereocenters. The Morgan fingerprint density at radius 2 is 2.29 bits per heavy atom. The summed E-state index contributed by atoms with van der Waals surface area (Å²) in [4.78, 5) is 21.5. The van der Waals surface area contributed by atoms with Gasteiger partial charge in [0.15, 0.2) is 5.82 Å². The van der Waals surface area contributed by atoms with Crippen LogP contribution in [0.4, 0.5) is 11.8 Å². The lowest BCUT2D eigenvalue weighted by Crippen LogP contribution is -2.13. The first-order valence-corrected chi connectivity index (χ1v) is 5.35. The fourth-order valence-corrected chi connectivity index (χ4v) is 1.45. The highest BCUT2D eigenvalue weighted by atomic mass is 16.5. The van der Waals surface area contributed by atoms with Crippen LogP contribution in [-0.4, -0.2) is 31.4 Å². The first-order chi connectivity index (χ1) is 8.13. The molecule has 17 heavy (non-hydrogen) atoms. The smallest absolute Gasteiger partial charge is 0.360 e. The van der Waals surface area contributed by atoms with Gasteiger partial charge in [-0.1, -0.05) is 13.3 Å². The van der Waals surface area contributed by atoms with Crippen molar-refractivity contribution in [2.45, 2.75) is 19.8 Å². The van der Waals surface area contributed by atoms with Gasteiger partial charge in [0.1, 0.15) is 5.52 Å². The minimum atomic E-state index is -0.688. The molecule has 0 radical (unpaired) electrons. The Morgan fingerprint density at radius 1 is 1.53 bits per heavy atom. The van der Waals surface area contributed by atoms with Crippen LogP contribution < -0.4 is 16.7 Å². The molecule has 0 bridgehead atoms. The largest absolute Gasteiger partial charge is 0.422 e. The van der Waals surface area contributed by atoms with Crippen molar-refractivity contribution in [3.8, 4) is 0 Å². The van der Waals surface area contributed by atoms with Gasteiger partial charge in [0.25, 0.3) is 0 Å². The van der Waals surface area contributed by atoms with Crippen molar-refractivity contribution in [1.29, 1.82) is 0 Å². The number of fused-ring (bicyclic) bond motifs is 1. The second-order valence-corrected chi connectivity index (χ2v) is 3.65. The van der Waals surface area contributed by atoms with Gasteiger partial charge in [-0.2, -0.15) is 9.97 Å². The number of nitrogens with two attached hydrogens (primary N) is 1. The fraction of sp³-hybridized carbons (Fsp3) is 0.444. The van der Waals surface area contributed by atoms with E-state index < -0.39 is 5.69 Å². The molecule has 0 saturated carbocycles. The van der Waals surface area contributed by atoms with Gasteiger partial charge in [-0.05, 0) is 6.42 Å². The van der Waals surface area contributed by atoms with Crippen LogP contribution in [0.2, 0.25) is 0 Å². The van der Waals surface area contributed by atoms with Crippen molar-refractivity contribution < 1.29 is 5.21 Å². The normalized spacial score (nSPS) is 10.9. The van der Waals surface area contributed by atoms with Gasteiger partial charge in [-0.3, -0.25) is 4.98 Å². The second-order valence-electron chi connectivity index (χ2n) is 3.65. The third-order valence-electron chi connectivity index (χ3n) is 2.36. The second kappa shape index (κ2) is 4.32. The molecule has 2 aromatic rings. The minimum absolute atomic E-state index is 0.0708. The molecular weight excluding hydrogens is 224 g/mol. The lowest BCUT2D eigenvalue weighted by Gasteiger charge is -2.04. The number of nitrogen functional groups attached to an aromatic ring is 1. The van der Waals surface area contributed by atoms with Crippen molar-refractivity contribution in [3.05, 3.63) is 10.5 Å². The van der Waals surface area contributed by atoms with Crippen molar-refractivity contribution in [3.63, 3.8) is 0 Å². The molecule has 2 rings (SSSR count). The average Bonchev–Trinajstić information content (AvgIpc) is 2.58. The third-order valence-corrected chi connectivity index (χ3v) is 2.36. The summed E-state index contributed by atoms with van der Waals surface area (Å²) < 4.78 is 0.415. The number of nitrogens with zero attached hydrogens (tertiary/aromatic N) is 3. The third kappa shape index (κ3) is 2.01. The number of rotatable bonds is 4. The van der Waals surface area contributed by atoms with E-state index in [1.807, 2.05) is 0 Å². The van der Waals surface area contributed by atoms with Crippen LogP contribution in [0.15, 0.2) is 4.79 Å². The molecule has 0 aliphatic rings. The maximum Gasteiger partial charge on any atom is 0.360 e. The zero-order valence-electron chi connectivity index (χ0n) is 9.40. The molecule has 0 aliphatic heterocycles. The van der Waals surface area contributed by atoms with E-state index in [2.05, 4.69) is 27.2 Å². The lowest BCUT2D eigenvalue weighted by atomic mass is 10.3. The monoisotopic (exact) mass is 238 g/mol. The van der Waals surface area contributed by atoms with Crippen LogP contribution in [0.5, 0.6) is 0 Å². The van der Waals surface area contributed by atoms with Crippen LogP contribution in [0, 0.1) is 0 Å². The van der Waals surface area contributed by atoms with E-state index in [4.69, 9.17) is 5.73 Å². The average molecular weight is 238 g/mol. The predicted octanol–water partition coefficient (Wildman–Crippen LogP) is 0.151. The molecule has 2 heterocycles.